The Bertz CT molecular complexity index is 249. The molecule has 1 atom stereocenters. The van der Waals surface area contributed by atoms with Gasteiger partial charge in [-0.3, -0.25) is 9.69 Å². The van der Waals surface area contributed by atoms with Crippen LogP contribution in [0.15, 0.2) is 0 Å². The molecule has 0 heterocycles. The van der Waals surface area contributed by atoms with Crippen LogP contribution in [-0.4, -0.2) is 48.3 Å². The second-order valence-corrected chi connectivity index (χ2v) is 5.27. The second kappa shape index (κ2) is 6.36. The average molecular weight is 243 g/mol. The number of hydrogen-bond donors (Lipinski definition) is 1. The number of likely N-dealkylation sites (N-methyl/N-ethyl adjacent to an activating group) is 1. The number of aliphatic carboxylic acids is 1. The van der Waals surface area contributed by atoms with E-state index in [1.807, 2.05) is 11.9 Å². The molecule has 0 radical (unpaired) electrons. The zero-order valence-corrected chi connectivity index (χ0v) is 11.2. The van der Waals surface area contributed by atoms with Gasteiger partial charge in [-0.1, -0.05) is 25.7 Å². The van der Waals surface area contributed by atoms with Crippen molar-refractivity contribution in [2.75, 3.05) is 20.8 Å². The Morgan fingerprint density at radius 1 is 1.35 bits per heavy atom. The topological polar surface area (TPSA) is 49.8 Å². The maximum absolute atomic E-state index is 11.5. The van der Waals surface area contributed by atoms with Crippen molar-refractivity contribution in [1.29, 1.82) is 0 Å². The third-order valence-corrected chi connectivity index (χ3v) is 4.04. The van der Waals surface area contributed by atoms with Crippen LogP contribution in [0.25, 0.3) is 0 Å². The molecule has 4 nitrogen and oxygen atoms in total. The summed E-state index contributed by atoms with van der Waals surface area (Å²) in [6, 6.07) is 0.369. The van der Waals surface area contributed by atoms with Gasteiger partial charge in [-0.15, -0.1) is 0 Å². The molecule has 1 fully saturated rings. The predicted molar refractivity (Wildman–Crippen MR) is 67.2 cm³/mol. The molecule has 1 aliphatic carbocycles. The van der Waals surface area contributed by atoms with E-state index in [1.165, 1.54) is 25.7 Å². The van der Waals surface area contributed by atoms with Crippen molar-refractivity contribution in [2.24, 2.45) is 0 Å². The fourth-order valence-corrected chi connectivity index (χ4v) is 2.64. The standard InChI is InChI=1S/C13H25NO3/c1-13(10-17-3,12(15)16)14(2)11-8-6-4-5-7-9-11/h11H,4-10H2,1-3H3,(H,15,16). The fraction of sp³-hybridized carbons (Fsp3) is 0.923. The van der Waals surface area contributed by atoms with Crippen LogP contribution in [0.1, 0.15) is 45.4 Å². The summed E-state index contributed by atoms with van der Waals surface area (Å²) in [6.07, 6.45) is 7.17. The minimum absolute atomic E-state index is 0.231. The van der Waals surface area contributed by atoms with Gasteiger partial charge < -0.3 is 9.84 Å². The molecule has 0 bridgehead atoms. The lowest BCUT2D eigenvalue weighted by Crippen LogP contribution is -2.57. The zero-order chi connectivity index (χ0) is 12.9. The average Bonchev–Trinajstić information content (AvgIpc) is 2.56. The molecule has 0 aromatic carbocycles. The molecule has 0 aromatic heterocycles. The number of carboxylic acid groups (broad SMARTS) is 1. The van der Waals surface area contributed by atoms with Gasteiger partial charge in [-0.05, 0) is 26.8 Å². The molecule has 0 saturated heterocycles. The number of nitrogens with zero attached hydrogens (tertiary/aromatic N) is 1. The van der Waals surface area contributed by atoms with Crippen LogP contribution in [0.3, 0.4) is 0 Å². The zero-order valence-electron chi connectivity index (χ0n) is 11.2. The Hall–Kier alpha value is -0.610. The maximum atomic E-state index is 11.5. The van der Waals surface area contributed by atoms with Crippen LogP contribution in [0.2, 0.25) is 0 Å². The molecule has 0 aromatic rings. The van der Waals surface area contributed by atoms with Crippen molar-refractivity contribution < 1.29 is 14.6 Å². The lowest BCUT2D eigenvalue weighted by molar-refractivity contribution is -0.155. The molecule has 100 valence electrons. The van der Waals surface area contributed by atoms with E-state index in [9.17, 15) is 9.90 Å². The van der Waals surface area contributed by atoms with E-state index >= 15 is 0 Å². The summed E-state index contributed by atoms with van der Waals surface area (Å²) in [6.45, 7) is 1.99. The molecule has 4 heteroatoms. The predicted octanol–water partition coefficient (Wildman–Crippen LogP) is 2.13. The van der Waals surface area contributed by atoms with Gasteiger partial charge in [0.05, 0.1) is 6.61 Å². The highest BCUT2D eigenvalue weighted by atomic mass is 16.5. The highest BCUT2D eigenvalue weighted by Gasteiger charge is 2.40. The van der Waals surface area contributed by atoms with Crippen LogP contribution in [0.5, 0.6) is 0 Å². The van der Waals surface area contributed by atoms with Gasteiger partial charge in [0.15, 0.2) is 0 Å². The van der Waals surface area contributed by atoms with Gasteiger partial charge in [-0.25, -0.2) is 0 Å². The normalized spacial score (nSPS) is 22.1. The Kier molecular flexibility index (Phi) is 5.40. The first kappa shape index (κ1) is 14.5. The van der Waals surface area contributed by atoms with E-state index in [0.717, 1.165) is 12.8 Å². The Morgan fingerprint density at radius 3 is 2.29 bits per heavy atom. The smallest absolute Gasteiger partial charge is 0.326 e. The highest BCUT2D eigenvalue weighted by Crippen LogP contribution is 2.26. The van der Waals surface area contributed by atoms with Gasteiger partial charge in [0, 0.05) is 13.2 Å². The van der Waals surface area contributed by atoms with E-state index < -0.39 is 11.5 Å². The van der Waals surface area contributed by atoms with Crippen molar-refractivity contribution in [3.05, 3.63) is 0 Å². The number of carbonyl (C=O) groups is 1. The summed E-state index contributed by atoms with van der Waals surface area (Å²) in [4.78, 5) is 13.5. The maximum Gasteiger partial charge on any atom is 0.326 e. The van der Waals surface area contributed by atoms with Gasteiger partial charge in [0.1, 0.15) is 5.54 Å². The molecule has 17 heavy (non-hydrogen) atoms. The SMILES string of the molecule is COCC(C)(C(=O)O)N(C)C1CCCCCC1. The van der Waals surface area contributed by atoms with Crippen LogP contribution in [0, 0.1) is 0 Å². The quantitative estimate of drug-likeness (QED) is 0.752. The minimum atomic E-state index is -0.913. The van der Waals surface area contributed by atoms with E-state index in [4.69, 9.17) is 4.74 Å². The molecule has 1 N–H and O–H groups in total. The summed E-state index contributed by atoms with van der Waals surface area (Å²) in [5.41, 5.74) is -0.913. The number of hydrogen-bond acceptors (Lipinski definition) is 3. The van der Waals surface area contributed by atoms with Crippen molar-refractivity contribution in [3.8, 4) is 0 Å². The van der Waals surface area contributed by atoms with Crippen molar-refractivity contribution in [3.63, 3.8) is 0 Å². The molecular weight excluding hydrogens is 218 g/mol. The van der Waals surface area contributed by atoms with Gasteiger partial charge in [0.25, 0.3) is 0 Å². The highest BCUT2D eigenvalue weighted by molar-refractivity contribution is 5.78. The summed E-state index contributed by atoms with van der Waals surface area (Å²) in [5.74, 6) is -0.800. The second-order valence-electron chi connectivity index (χ2n) is 5.27. The lowest BCUT2D eigenvalue weighted by Gasteiger charge is -2.39. The Balaban J connectivity index is 2.75. The third-order valence-electron chi connectivity index (χ3n) is 4.04. The first-order chi connectivity index (χ1) is 8.02. The van der Waals surface area contributed by atoms with E-state index in [0.29, 0.717) is 6.04 Å². The molecule has 1 aliphatic rings. The van der Waals surface area contributed by atoms with Crippen LogP contribution in [0.4, 0.5) is 0 Å². The number of carboxylic acids is 1. The molecule has 1 saturated carbocycles. The van der Waals surface area contributed by atoms with Crippen molar-refractivity contribution in [2.45, 2.75) is 57.0 Å². The van der Waals surface area contributed by atoms with E-state index in [-0.39, 0.29) is 6.61 Å². The molecule has 0 amide bonds. The van der Waals surface area contributed by atoms with Gasteiger partial charge in [-0.2, -0.15) is 0 Å². The van der Waals surface area contributed by atoms with Crippen molar-refractivity contribution >= 4 is 5.97 Å². The monoisotopic (exact) mass is 243 g/mol. The summed E-state index contributed by atoms with van der Waals surface area (Å²) in [7, 11) is 3.48. The number of rotatable bonds is 5. The summed E-state index contributed by atoms with van der Waals surface area (Å²) >= 11 is 0. The fourth-order valence-electron chi connectivity index (χ4n) is 2.64. The van der Waals surface area contributed by atoms with E-state index in [2.05, 4.69) is 0 Å². The largest absolute Gasteiger partial charge is 0.480 e. The van der Waals surface area contributed by atoms with E-state index in [1.54, 1.807) is 14.0 Å². The van der Waals surface area contributed by atoms with Crippen molar-refractivity contribution in [1.82, 2.24) is 4.90 Å². The Labute approximate surface area is 104 Å². The number of methoxy groups -OCH3 is 1. The van der Waals surface area contributed by atoms with Gasteiger partial charge in [0.2, 0.25) is 0 Å². The first-order valence-corrected chi connectivity index (χ1v) is 6.47. The molecular formula is C13H25NO3. The molecule has 0 aliphatic heterocycles. The van der Waals surface area contributed by atoms with Crippen LogP contribution >= 0.6 is 0 Å². The lowest BCUT2D eigenvalue weighted by atomic mass is 9.96. The van der Waals surface area contributed by atoms with Crippen LogP contribution in [-0.2, 0) is 9.53 Å². The Morgan fingerprint density at radius 2 is 1.88 bits per heavy atom. The molecule has 1 unspecified atom stereocenters. The minimum Gasteiger partial charge on any atom is -0.480 e. The summed E-state index contributed by atoms with van der Waals surface area (Å²) < 4.78 is 5.09. The first-order valence-electron chi connectivity index (χ1n) is 6.47. The number of ether oxygens (including phenoxy) is 1. The molecule has 0 spiro atoms. The summed E-state index contributed by atoms with van der Waals surface area (Å²) in [5, 5.41) is 9.41. The van der Waals surface area contributed by atoms with Crippen LogP contribution < -0.4 is 0 Å². The molecule has 1 rings (SSSR count). The van der Waals surface area contributed by atoms with Gasteiger partial charge >= 0.3 is 5.97 Å². The third kappa shape index (κ3) is 3.42.